The van der Waals surface area contributed by atoms with Gasteiger partial charge < -0.3 is 15.4 Å². The minimum atomic E-state index is -0.624. The summed E-state index contributed by atoms with van der Waals surface area (Å²) in [7, 11) is 1.55. The van der Waals surface area contributed by atoms with E-state index in [9.17, 15) is 4.79 Å². The molecule has 1 aromatic carbocycles. The molecule has 0 bridgehead atoms. The topological polar surface area (TPSA) is 50.4 Å². The number of hydrogen-bond donors (Lipinski definition) is 2. The van der Waals surface area contributed by atoms with Gasteiger partial charge in [-0.25, -0.2) is 0 Å². The molecular weight excluding hydrogens is 252 g/mol. The van der Waals surface area contributed by atoms with Crippen molar-refractivity contribution in [1.29, 1.82) is 0 Å². The highest BCUT2D eigenvalue weighted by Crippen LogP contribution is 2.27. The van der Waals surface area contributed by atoms with E-state index >= 15 is 0 Å². The van der Waals surface area contributed by atoms with Gasteiger partial charge in [-0.1, -0.05) is 18.5 Å². The second-order valence-corrected chi connectivity index (χ2v) is 4.87. The highest BCUT2D eigenvalue weighted by molar-refractivity contribution is 6.32. The fourth-order valence-corrected chi connectivity index (χ4v) is 1.81. The molecule has 0 saturated heterocycles. The van der Waals surface area contributed by atoms with Crippen LogP contribution in [0.15, 0.2) is 18.2 Å². The van der Waals surface area contributed by atoms with Crippen LogP contribution in [0, 0.1) is 0 Å². The minimum absolute atomic E-state index is 0.106. The van der Waals surface area contributed by atoms with Crippen molar-refractivity contribution in [1.82, 2.24) is 5.32 Å². The van der Waals surface area contributed by atoms with E-state index in [4.69, 9.17) is 16.3 Å². The minimum Gasteiger partial charge on any atom is -0.495 e. The van der Waals surface area contributed by atoms with Crippen molar-refractivity contribution in [3.8, 4) is 5.75 Å². The molecule has 0 radical (unpaired) electrons. The molecule has 1 amide bonds. The van der Waals surface area contributed by atoms with Crippen molar-refractivity contribution < 1.29 is 9.53 Å². The molecule has 0 atom stereocenters. The largest absolute Gasteiger partial charge is 0.495 e. The second-order valence-electron chi connectivity index (χ2n) is 4.46. The van der Waals surface area contributed by atoms with Crippen LogP contribution in [0.5, 0.6) is 5.75 Å². The highest BCUT2D eigenvalue weighted by Gasteiger charge is 2.26. The van der Waals surface area contributed by atoms with Gasteiger partial charge in [0, 0.05) is 5.69 Å². The van der Waals surface area contributed by atoms with Crippen LogP contribution in [0.2, 0.25) is 5.02 Å². The molecule has 0 saturated carbocycles. The number of hydrogen-bond acceptors (Lipinski definition) is 3. The zero-order valence-corrected chi connectivity index (χ0v) is 11.9. The first kappa shape index (κ1) is 14.8. The summed E-state index contributed by atoms with van der Waals surface area (Å²) in [5, 5.41) is 6.40. The van der Waals surface area contributed by atoms with Crippen molar-refractivity contribution in [3.63, 3.8) is 0 Å². The Balaban J connectivity index is 2.79. The maximum absolute atomic E-state index is 12.0. The van der Waals surface area contributed by atoms with Crippen LogP contribution in [0.1, 0.15) is 20.8 Å². The zero-order valence-electron chi connectivity index (χ0n) is 11.1. The Bertz CT molecular complexity index is 433. The molecule has 0 aliphatic heterocycles. The molecule has 18 heavy (non-hydrogen) atoms. The number of carbonyl (C=O) groups is 1. The molecule has 0 unspecified atom stereocenters. The van der Waals surface area contributed by atoms with Crippen LogP contribution in [-0.4, -0.2) is 25.1 Å². The van der Waals surface area contributed by atoms with Gasteiger partial charge in [-0.05, 0) is 38.6 Å². The fourth-order valence-electron chi connectivity index (χ4n) is 1.55. The van der Waals surface area contributed by atoms with Crippen molar-refractivity contribution in [2.45, 2.75) is 26.3 Å². The lowest BCUT2D eigenvalue weighted by Gasteiger charge is -2.24. The first-order valence-corrected chi connectivity index (χ1v) is 6.18. The second kappa shape index (κ2) is 6.07. The SMILES string of the molecule is CCNC(C)(C)C(=O)Nc1ccc(OC)c(Cl)c1. The van der Waals surface area contributed by atoms with Crippen molar-refractivity contribution in [2.24, 2.45) is 0 Å². The van der Waals surface area contributed by atoms with Crippen LogP contribution < -0.4 is 15.4 Å². The van der Waals surface area contributed by atoms with Gasteiger partial charge in [-0.15, -0.1) is 0 Å². The van der Waals surface area contributed by atoms with Crippen LogP contribution in [0.25, 0.3) is 0 Å². The Morgan fingerprint density at radius 2 is 2.11 bits per heavy atom. The third-order valence-corrected chi connectivity index (χ3v) is 2.89. The van der Waals surface area contributed by atoms with Crippen molar-refractivity contribution in [2.75, 3.05) is 19.0 Å². The van der Waals surface area contributed by atoms with Crippen LogP contribution >= 0.6 is 11.6 Å². The number of benzene rings is 1. The predicted molar refractivity (Wildman–Crippen MR) is 74.4 cm³/mol. The van der Waals surface area contributed by atoms with Crippen LogP contribution in [0.4, 0.5) is 5.69 Å². The van der Waals surface area contributed by atoms with Gasteiger partial charge in [0.25, 0.3) is 0 Å². The van der Waals surface area contributed by atoms with E-state index in [-0.39, 0.29) is 5.91 Å². The molecule has 1 aromatic rings. The van der Waals surface area contributed by atoms with Gasteiger partial charge in [0.05, 0.1) is 17.7 Å². The smallest absolute Gasteiger partial charge is 0.244 e. The Morgan fingerprint density at radius 1 is 1.44 bits per heavy atom. The van der Waals surface area contributed by atoms with Gasteiger partial charge in [0.2, 0.25) is 5.91 Å². The van der Waals surface area contributed by atoms with Crippen LogP contribution in [-0.2, 0) is 4.79 Å². The lowest BCUT2D eigenvalue weighted by atomic mass is 10.0. The third-order valence-electron chi connectivity index (χ3n) is 2.60. The summed E-state index contributed by atoms with van der Waals surface area (Å²) in [6, 6.07) is 5.14. The number of nitrogens with one attached hydrogen (secondary N) is 2. The molecule has 100 valence electrons. The summed E-state index contributed by atoms with van der Waals surface area (Å²) in [6.45, 7) is 6.34. The first-order chi connectivity index (χ1) is 8.40. The molecule has 4 nitrogen and oxygen atoms in total. The molecule has 1 rings (SSSR count). The number of rotatable bonds is 5. The Hall–Kier alpha value is -1.26. The maximum atomic E-state index is 12.0. The average molecular weight is 271 g/mol. The summed E-state index contributed by atoms with van der Waals surface area (Å²) in [5.41, 5.74) is 0.0259. The Kier molecular flexibility index (Phi) is 4.99. The summed E-state index contributed by atoms with van der Waals surface area (Å²) < 4.78 is 5.05. The molecule has 0 fully saturated rings. The predicted octanol–water partition coefficient (Wildman–Crippen LogP) is 2.68. The van der Waals surface area contributed by atoms with E-state index in [1.165, 1.54) is 0 Å². The van der Waals surface area contributed by atoms with E-state index in [0.717, 1.165) is 6.54 Å². The summed E-state index contributed by atoms with van der Waals surface area (Å²) >= 11 is 6.00. The molecule has 0 aliphatic carbocycles. The number of likely N-dealkylation sites (N-methyl/N-ethyl adjacent to an activating group) is 1. The van der Waals surface area contributed by atoms with E-state index in [1.54, 1.807) is 25.3 Å². The monoisotopic (exact) mass is 270 g/mol. The number of carbonyl (C=O) groups excluding carboxylic acids is 1. The van der Waals surface area contributed by atoms with Gasteiger partial charge in [-0.2, -0.15) is 0 Å². The van der Waals surface area contributed by atoms with E-state index < -0.39 is 5.54 Å². The third kappa shape index (κ3) is 3.62. The lowest BCUT2D eigenvalue weighted by molar-refractivity contribution is -0.121. The molecule has 0 aromatic heterocycles. The maximum Gasteiger partial charge on any atom is 0.244 e. The summed E-state index contributed by atoms with van der Waals surface area (Å²) in [5.74, 6) is 0.478. The quantitative estimate of drug-likeness (QED) is 0.865. The molecule has 0 spiro atoms. The van der Waals surface area contributed by atoms with Crippen molar-refractivity contribution >= 4 is 23.2 Å². The first-order valence-electron chi connectivity index (χ1n) is 5.80. The van der Waals surface area contributed by atoms with Crippen molar-refractivity contribution in [3.05, 3.63) is 23.2 Å². The molecule has 5 heteroatoms. The van der Waals surface area contributed by atoms with Gasteiger partial charge in [0.15, 0.2) is 0 Å². The molecular formula is C13H19ClN2O2. The lowest BCUT2D eigenvalue weighted by Crippen LogP contribution is -2.49. The van der Waals surface area contributed by atoms with Gasteiger partial charge in [-0.3, -0.25) is 4.79 Å². The number of anilines is 1. The fraction of sp³-hybridized carbons (Fsp3) is 0.462. The molecule has 0 aliphatic rings. The number of amides is 1. The van der Waals surface area contributed by atoms with Gasteiger partial charge in [0.1, 0.15) is 5.75 Å². The standard InChI is InChI=1S/C13H19ClN2O2/c1-5-15-13(2,3)12(17)16-9-6-7-11(18-4)10(14)8-9/h6-8,15H,5H2,1-4H3,(H,16,17). The molecule has 2 N–H and O–H groups in total. The molecule has 0 heterocycles. The zero-order chi connectivity index (χ0) is 13.8. The summed E-state index contributed by atoms with van der Waals surface area (Å²) in [6.07, 6.45) is 0. The number of methoxy groups -OCH3 is 1. The highest BCUT2D eigenvalue weighted by atomic mass is 35.5. The van der Waals surface area contributed by atoms with E-state index in [2.05, 4.69) is 10.6 Å². The van der Waals surface area contributed by atoms with E-state index in [0.29, 0.717) is 16.5 Å². The number of ether oxygens (including phenoxy) is 1. The average Bonchev–Trinajstić information content (AvgIpc) is 2.29. The van der Waals surface area contributed by atoms with Crippen LogP contribution in [0.3, 0.4) is 0 Å². The Morgan fingerprint density at radius 3 is 2.61 bits per heavy atom. The normalized spacial score (nSPS) is 11.2. The summed E-state index contributed by atoms with van der Waals surface area (Å²) in [4.78, 5) is 12.0. The van der Waals surface area contributed by atoms with Gasteiger partial charge >= 0.3 is 0 Å². The van der Waals surface area contributed by atoms with E-state index in [1.807, 2.05) is 20.8 Å². The Labute approximate surface area is 113 Å². The number of halogens is 1.